The predicted molar refractivity (Wildman–Crippen MR) is 55.1 cm³/mol. The number of amides is 1. The second-order valence-electron chi connectivity index (χ2n) is 3.67. The Hall–Kier alpha value is -0.620. The molecule has 0 aromatic heterocycles. The molecule has 0 spiro atoms. The normalized spacial score (nSPS) is 11.7. The van der Waals surface area contributed by atoms with Gasteiger partial charge in [0.05, 0.1) is 5.75 Å². The number of primary sulfonamides is 1. The fraction of sp³-hybridized carbons (Fsp3) is 0.875. The Labute approximate surface area is 85.1 Å². The summed E-state index contributed by atoms with van der Waals surface area (Å²) in [6, 6.07) is 0. The Morgan fingerprint density at radius 3 is 2.43 bits per heavy atom. The Bertz CT molecular complexity index is 272. The van der Waals surface area contributed by atoms with Crippen LogP contribution in [0.25, 0.3) is 0 Å². The van der Waals surface area contributed by atoms with Crippen LogP contribution in [0.4, 0.5) is 0 Å². The second-order valence-corrected chi connectivity index (χ2v) is 5.40. The van der Waals surface area contributed by atoms with Crippen molar-refractivity contribution in [2.24, 2.45) is 11.1 Å². The average Bonchev–Trinajstić information content (AvgIpc) is 1.95. The van der Waals surface area contributed by atoms with E-state index in [1.807, 2.05) is 13.8 Å². The Morgan fingerprint density at radius 2 is 2.00 bits per heavy atom. The molecule has 0 unspecified atom stereocenters. The van der Waals surface area contributed by atoms with E-state index in [9.17, 15) is 13.2 Å². The van der Waals surface area contributed by atoms with Gasteiger partial charge in [0, 0.05) is 13.0 Å². The van der Waals surface area contributed by atoms with Crippen molar-refractivity contribution in [3.05, 3.63) is 0 Å². The lowest BCUT2D eigenvalue weighted by atomic mass is 10.1. The van der Waals surface area contributed by atoms with Gasteiger partial charge >= 0.3 is 0 Å². The molecule has 1 amide bonds. The van der Waals surface area contributed by atoms with Crippen LogP contribution in [-0.4, -0.2) is 26.6 Å². The first kappa shape index (κ1) is 13.4. The van der Waals surface area contributed by atoms with Crippen LogP contribution in [0.1, 0.15) is 26.7 Å². The van der Waals surface area contributed by atoms with Crippen molar-refractivity contribution >= 4 is 15.9 Å². The summed E-state index contributed by atoms with van der Waals surface area (Å²) in [6.07, 6.45) is 0.831. The zero-order valence-corrected chi connectivity index (χ0v) is 9.43. The summed E-state index contributed by atoms with van der Waals surface area (Å²) in [6.45, 7) is 4.26. The monoisotopic (exact) mass is 222 g/mol. The molecule has 0 bridgehead atoms. The lowest BCUT2D eigenvalue weighted by molar-refractivity contribution is -0.121. The maximum atomic E-state index is 11.1. The van der Waals surface area contributed by atoms with Gasteiger partial charge in [-0.15, -0.1) is 0 Å². The van der Waals surface area contributed by atoms with Crippen molar-refractivity contribution in [2.75, 3.05) is 12.3 Å². The van der Waals surface area contributed by atoms with Crippen molar-refractivity contribution in [1.82, 2.24) is 5.32 Å². The highest BCUT2D eigenvalue weighted by Gasteiger charge is 2.05. The SMILES string of the molecule is CC(C)CC(=O)NCCCS(N)(=O)=O. The van der Waals surface area contributed by atoms with Gasteiger partial charge in [0.2, 0.25) is 15.9 Å². The fourth-order valence-corrected chi connectivity index (χ4v) is 1.49. The molecule has 0 heterocycles. The van der Waals surface area contributed by atoms with Gasteiger partial charge in [0.1, 0.15) is 0 Å². The highest BCUT2D eigenvalue weighted by molar-refractivity contribution is 7.89. The van der Waals surface area contributed by atoms with Crippen LogP contribution in [0.15, 0.2) is 0 Å². The van der Waals surface area contributed by atoms with Gasteiger partial charge in [-0.25, -0.2) is 13.6 Å². The largest absolute Gasteiger partial charge is 0.356 e. The third-order valence-corrected chi connectivity index (χ3v) is 2.38. The molecule has 0 aliphatic carbocycles. The number of nitrogens with two attached hydrogens (primary N) is 1. The Morgan fingerprint density at radius 1 is 1.43 bits per heavy atom. The van der Waals surface area contributed by atoms with Crippen LogP contribution < -0.4 is 10.5 Å². The molecule has 0 fully saturated rings. The zero-order chi connectivity index (χ0) is 11.2. The smallest absolute Gasteiger partial charge is 0.220 e. The van der Waals surface area contributed by atoms with E-state index in [1.54, 1.807) is 0 Å². The highest BCUT2D eigenvalue weighted by Crippen LogP contribution is 1.97. The predicted octanol–water partition coefficient (Wildman–Crippen LogP) is -0.173. The van der Waals surface area contributed by atoms with Crippen LogP contribution in [0.3, 0.4) is 0 Å². The fourth-order valence-electron chi connectivity index (χ4n) is 0.944. The summed E-state index contributed by atoms with van der Waals surface area (Å²) in [5, 5.41) is 7.42. The molecule has 5 nitrogen and oxygen atoms in total. The first-order valence-corrected chi connectivity index (χ1v) is 6.30. The Kier molecular flexibility index (Phi) is 5.71. The van der Waals surface area contributed by atoms with Gasteiger partial charge < -0.3 is 5.32 Å². The van der Waals surface area contributed by atoms with Crippen molar-refractivity contribution in [3.8, 4) is 0 Å². The average molecular weight is 222 g/mol. The highest BCUT2D eigenvalue weighted by atomic mass is 32.2. The number of hydrogen-bond donors (Lipinski definition) is 2. The molecule has 0 aromatic rings. The van der Waals surface area contributed by atoms with Gasteiger partial charge in [-0.1, -0.05) is 13.8 Å². The van der Waals surface area contributed by atoms with E-state index in [0.717, 1.165) is 0 Å². The summed E-state index contributed by atoms with van der Waals surface area (Å²) < 4.78 is 21.0. The minimum Gasteiger partial charge on any atom is -0.356 e. The van der Waals surface area contributed by atoms with Crippen molar-refractivity contribution in [1.29, 1.82) is 0 Å². The second kappa shape index (κ2) is 5.98. The molecule has 0 saturated heterocycles. The molecule has 0 rings (SSSR count). The molecule has 0 saturated carbocycles. The molecule has 84 valence electrons. The van der Waals surface area contributed by atoms with Crippen LogP contribution in [-0.2, 0) is 14.8 Å². The van der Waals surface area contributed by atoms with E-state index < -0.39 is 10.0 Å². The number of carbonyl (C=O) groups is 1. The van der Waals surface area contributed by atoms with Gasteiger partial charge in [-0.05, 0) is 12.3 Å². The van der Waals surface area contributed by atoms with Gasteiger partial charge in [0.15, 0.2) is 0 Å². The van der Waals surface area contributed by atoms with E-state index in [4.69, 9.17) is 5.14 Å². The molecular weight excluding hydrogens is 204 g/mol. The molecule has 0 atom stereocenters. The van der Waals surface area contributed by atoms with Gasteiger partial charge in [-0.3, -0.25) is 4.79 Å². The molecule has 14 heavy (non-hydrogen) atoms. The van der Waals surface area contributed by atoms with E-state index in [2.05, 4.69) is 5.32 Å². The van der Waals surface area contributed by atoms with Gasteiger partial charge in [0.25, 0.3) is 0 Å². The lowest BCUT2D eigenvalue weighted by Crippen LogP contribution is -2.28. The number of hydrogen-bond acceptors (Lipinski definition) is 3. The third kappa shape index (κ3) is 9.47. The van der Waals surface area contributed by atoms with Gasteiger partial charge in [-0.2, -0.15) is 0 Å². The molecule has 0 aromatic carbocycles. The molecule has 0 aliphatic rings. The van der Waals surface area contributed by atoms with E-state index in [1.165, 1.54) is 0 Å². The maximum absolute atomic E-state index is 11.1. The first-order valence-electron chi connectivity index (χ1n) is 4.58. The third-order valence-electron chi connectivity index (χ3n) is 1.52. The lowest BCUT2D eigenvalue weighted by Gasteiger charge is -2.06. The van der Waals surface area contributed by atoms with Crippen molar-refractivity contribution in [3.63, 3.8) is 0 Å². The molecule has 0 aliphatic heterocycles. The van der Waals surface area contributed by atoms with Crippen molar-refractivity contribution < 1.29 is 13.2 Å². The molecule has 6 heteroatoms. The summed E-state index contributed by atoms with van der Waals surface area (Å²) in [7, 11) is -3.40. The minimum absolute atomic E-state index is 0.0468. The summed E-state index contributed by atoms with van der Waals surface area (Å²) in [5.74, 6) is 0.178. The van der Waals surface area contributed by atoms with Crippen LogP contribution >= 0.6 is 0 Å². The van der Waals surface area contributed by atoms with E-state index in [-0.39, 0.29) is 11.7 Å². The number of nitrogens with one attached hydrogen (secondary N) is 1. The first-order chi connectivity index (χ1) is 6.31. The van der Waals surface area contributed by atoms with Crippen LogP contribution in [0.5, 0.6) is 0 Å². The summed E-state index contributed by atoms with van der Waals surface area (Å²) >= 11 is 0. The summed E-state index contributed by atoms with van der Waals surface area (Å²) in [5.41, 5.74) is 0. The maximum Gasteiger partial charge on any atom is 0.220 e. The molecular formula is C8H18N2O3S. The van der Waals surface area contributed by atoms with E-state index >= 15 is 0 Å². The number of sulfonamides is 1. The minimum atomic E-state index is -3.40. The van der Waals surface area contributed by atoms with Crippen LogP contribution in [0, 0.1) is 5.92 Å². The Balaban J connectivity index is 3.51. The summed E-state index contributed by atoms with van der Waals surface area (Å²) in [4.78, 5) is 11.1. The van der Waals surface area contributed by atoms with Crippen molar-refractivity contribution in [2.45, 2.75) is 26.7 Å². The molecule has 0 radical (unpaired) electrons. The number of carbonyl (C=O) groups excluding carboxylic acids is 1. The molecule has 3 N–H and O–H groups in total. The van der Waals surface area contributed by atoms with Crippen LogP contribution in [0.2, 0.25) is 0 Å². The quantitative estimate of drug-likeness (QED) is 0.611. The van der Waals surface area contributed by atoms with E-state index in [0.29, 0.717) is 25.3 Å². The number of rotatable bonds is 6. The zero-order valence-electron chi connectivity index (χ0n) is 8.62. The standard InChI is InChI=1S/C8H18N2O3S/c1-7(2)6-8(11)10-4-3-5-14(9,12)13/h7H,3-6H2,1-2H3,(H,10,11)(H2,9,12,13). The topological polar surface area (TPSA) is 89.3 Å².